The first-order valence-electron chi connectivity index (χ1n) is 10.2. The maximum atomic E-state index is 12.2. The van der Waals surface area contributed by atoms with Gasteiger partial charge in [-0.15, -0.1) is 0 Å². The molecule has 27 heavy (non-hydrogen) atoms. The number of unbranched alkanes of at least 4 members (excludes halogenated alkanes) is 5. The third-order valence-corrected chi connectivity index (χ3v) is 5.07. The van der Waals surface area contributed by atoms with E-state index >= 15 is 0 Å². The second kappa shape index (κ2) is 10.2. The van der Waals surface area contributed by atoms with E-state index in [1.165, 1.54) is 32.1 Å². The fourth-order valence-corrected chi connectivity index (χ4v) is 3.36. The lowest BCUT2D eigenvalue weighted by Crippen LogP contribution is -2.24. The van der Waals surface area contributed by atoms with E-state index in [4.69, 9.17) is 4.52 Å². The van der Waals surface area contributed by atoms with Gasteiger partial charge in [-0.25, -0.2) is 0 Å². The molecular weight excluding hydrogens is 340 g/mol. The van der Waals surface area contributed by atoms with Crippen LogP contribution in [0.25, 0.3) is 11.4 Å². The smallest absolute Gasteiger partial charge is 0.251 e. The standard InChI is InChI=1S/C21H30N4O2/c1-2-3-4-5-6-7-13-23-20(26)17-10-8-16(9-11-17)19-24-21(27-25-19)18-12-14-22-15-18/h8-11,18,22H,2-7,12-15H2,1H3,(H,23,26)/t18-/m1/s1. The van der Waals surface area contributed by atoms with Gasteiger partial charge in [0, 0.05) is 24.2 Å². The monoisotopic (exact) mass is 370 g/mol. The van der Waals surface area contributed by atoms with Gasteiger partial charge >= 0.3 is 0 Å². The number of hydrogen-bond donors (Lipinski definition) is 2. The highest BCUT2D eigenvalue weighted by atomic mass is 16.5. The first-order valence-corrected chi connectivity index (χ1v) is 10.2. The van der Waals surface area contributed by atoms with Crippen LogP contribution in [0.15, 0.2) is 28.8 Å². The molecule has 1 fully saturated rings. The molecule has 1 atom stereocenters. The molecule has 0 aliphatic carbocycles. The minimum absolute atomic E-state index is 0.0269. The molecule has 2 N–H and O–H groups in total. The summed E-state index contributed by atoms with van der Waals surface area (Å²) in [6, 6.07) is 7.39. The molecule has 6 nitrogen and oxygen atoms in total. The summed E-state index contributed by atoms with van der Waals surface area (Å²) in [5, 5.41) is 10.4. The Hall–Kier alpha value is -2.21. The Kier molecular flexibility index (Phi) is 7.39. The molecule has 0 unspecified atom stereocenters. The van der Waals surface area contributed by atoms with Crippen molar-refractivity contribution in [1.29, 1.82) is 0 Å². The molecule has 0 bridgehead atoms. The summed E-state index contributed by atoms with van der Waals surface area (Å²) in [7, 11) is 0. The molecule has 2 aromatic rings. The van der Waals surface area contributed by atoms with Crippen molar-refractivity contribution >= 4 is 5.91 Å². The minimum Gasteiger partial charge on any atom is -0.352 e. The van der Waals surface area contributed by atoms with Crippen molar-refractivity contribution in [2.75, 3.05) is 19.6 Å². The zero-order chi connectivity index (χ0) is 18.9. The maximum Gasteiger partial charge on any atom is 0.251 e. The summed E-state index contributed by atoms with van der Waals surface area (Å²) in [5.74, 6) is 1.55. The highest BCUT2D eigenvalue weighted by Crippen LogP contribution is 2.24. The summed E-state index contributed by atoms with van der Waals surface area (Å²) < 4.78 is 5.40. The van der Waals surface area contributed by atoms with E-state index in [2.05, 4.69) is 27.7 Å². The number of rotatable bonds is 10. The predicted octanol–water partition coefficient (Wildman–Crippen LogP) is 3.90. The average molecular weight is 370 g/mol. The third-order valence-electron chi connectivity index (χ3n) is 5.07. The van der Waals surface area contributed by atoms with Crippen LogP contribution in [0.3, 0.4) is 0 Å². The summed E-state index contributed by atoms with van der Waals surface area (Å²) in [6.07, 6.45) is 8.35. The van der Waals surface area contributed by atoms with Gasteiger partial charge in [-0.05, 0) is 31.5 Å². The average Bonchev–Trinajstić information content (AvgIpc) is 3.39. The number of benzene rings is 1. The van der Waals surface area contributed by atoms with Crippen molar-refractivity contribution in [2.45, 2.75) is 57.8 Å². The number of amides is 1. The van der Waals surface area contributed by atoms with Crippen LogP contribution >= 0.6 is 0 Å². The molecule has 1 aliphatic rings. The van der Waals surface area contributed by atoms with Crippen LogP contribution in [0.2, 0.25) is 0 Å². The second-order valence-electron chi connectivity index (χ2n) is 7.25. The normalized spacial score (nSPS) is 16.6. The predicted molar refractivity (Wildman–Crippen MR) is 106 cm³/mol. The van der Waals surface area contributed by atoms with Gasteiger partial charge in [0.1, 0.15) is 0 Å². The summed E-state index contributed by atoms with van der Waals surface area (Å²) >= 11 is 0. The van der Waals surface area contributed by atoms with Gasteiger partial charge in [0.2, 0.25) is 11.7 Å². The number of nitrogens with zero attached hydrogens (tertiary/aromatic N) is 2. The van der Waals surface area contributed by atoms with Crippen LogP contribution < -0.4 is 10.6 Å². The molecular formula is C21H30N4O2. The van der Waals surface area contributed by atoms with Gasteiger partial charge in [-0.2, -0.15) is 4.98 Å². The molecule has 0 radical (unpaired) electrons. The van der Waals surface area contributed by atoms with E-state index in [-0.39, 0.29) is 5.91 Å². The first kappa shape index (κ1) is 19.5. The Bertz CT molecular complexity index is 705. The van der Waals surface area contributed by atoms with E-state index in [1.54, 1.807) is 0 Å². The molecule has 0 spiro atoms. The van der Waals surface area contributed by atoms with E-state index in [1.807, 2.05) is 24.3 Å². The summed E-state index contributed by atoms with van der Waals surface area (Å²) in [5.41, 5.74) is 1.52. The van der Waals surface area contributed by atoms with Crippen LogP contribution in [0.4, 0.5) is 0 Å². The minimum atomic E-state index is -0.0269. The molecule has 0 saturated carbocycles. The second-order valence-corrected chi connectivity index (χ2v) is 7.25. The van der Waals surface area contributed by atoms with Crippen molar-refractivity contribution in [1.82, 2.24) is 20.8 Å². The maximum absolute atomic E-state index is 12.2. The number of carbonyl (C=O) groups is 1. The Morgan fingerprint density at radius 2 is 1.96 bits per heavy atom. The highest BCUT2D eigenvalue weighted by Gasteiger charge is 2.23. The fourth-order valence-electron chi connectivity index (χ4n) is 3.36. The van der Waals surface area contributed by atoms with Gasteiger partial charge in [0.25, 0.3) is 5.91 Å². The third kappa shape index (κ3) is 5.63. The molecule has 1 amide bonds. The van der Waals surface area contributed by atoms with Crippen LogP contribution in [0.5, 0.6) is 0 Å². The Labute approximate surface area is 161 Å². The van der Waals surface area contributed by atoms with Gasteiger partial charge in [0.15, 0.2) is 0 Å². The highest BCUT2D eigenvalue weighted by molar-refractivity contribution is 5.94. The summed E-state index contributed by atoms with van der Waals surface area (Å²) in [6.45, 7) is 4.83. The van der Waals surface area contributed by atoms with Crippen molar-refractivity contribution in [3.8, 4) is 11.4 Å². The number of carbonyl (C=O) groups excluding carboxylic acids is 1. The van der Waals surface area contributed by atoms with Crippen molar-refractivity contribution in [3.05, 3.63) is 35.7 Å². The van der Waals surface area contributed by atoms with Crippen molar-refractivity contribution in [3.63, 3.8) is 0 Å². The van der Waals surface area contributed by atoms with E-state index in [0.29, 0.717) is 23.2 Å². The Morgan fingerprint density at radius 1 is 1.19 bits per heavy atom. The van der Waals surface area contributed by atoms with Gasteiger partial charge in [-0.3, -0.25) is 4.79 Å². The fraction of sp³-hybridized carbons (Fsp3) is 0.571. The molecule has 146 valence electrons. The zero-order valence-corrected chi connectivity index (χ0v) is 16.2. The van der Waals surface area contributed by atoms with Crippen LogP contribution in [0.1, 0.15) is 74.0 Å². The lowest BCUT2D eigenvalue weighted by atomic mass is 10.1. The number of aromatic nitrogens is 2. The number of hydrogen-bond acceptors (Lipinski definition) is 5. The largest absolute Gasteiger partial charge is 0.352 e. The molecule has 2 heterocycles. The van der Waals surface area contributed by atoms with Crippen LogP contribution in [-0.4, -0.2) is 35.7 Å². The van der Waals surface area contributed by atoms with Crippen LogP contribution in [-0.2, 0) is 0 Å². The van der Waals surface area contributed by atoms with Gasteiger partial charge in [0.05, 0.1) is 5.92 Å². The molecule has 3 rings (SSSR count). The molecule has 1 saturated heterocycles. The Morgan fingerprint density at radius 3 is 2.70 bits per heavy atom. The van der Waals surface area contributed by atoms with E-state index in [0.717, 1.165) is 38.0 Å². The zero-order valence-electron chi connectivity index (χ0n) is 16.2. The van der Waals surface area contributed by atoms with Crippen LogP contribution in [0, 0.1) is 0 Å². The van der Waals surface area contributed by atoms with Gasteiger partial charge in [-0.1, -0.05) is 56.3 Å². The van der Waals surface area contributed by atoms with E-state index in [9.17, 15) is 4.79 Å². The molecule has 1 aromatic heterocycles. The SMILES string of the molecule is CCCCCCCCNC(=O)c1ccc(-c2noc([C@@H]3CCNC3)n2)cc1. The molecule has 1 aromatic carbocycles. The number of nitrogens with one attached hydrogen (secondary N) is 2. The van der Waals surface area contributed by atoms with Crippen molar-refractivity contribution in [2.24, 2.45) is 0 Å². The summed E-state index contributed by atoms with van der Waals surface area (Å²) in [4.78, 5) is 16.7. The van der Waals surface area contributed by atoms with E-state index < -0.39 is 0 Å². The lowest BCUT2D eigenvalue weighted by Gasteiger charge is -2.05. The molecule has 6 heteroatoms. The molecule has 1 aliphatic heterocycles. The topological polar surface area (TPSA) is 80.0 Å². The van der Waals surface area contributed by atoms with Crippen molar-refractivity contribution < 1.29 is 9.32 Å². The quantitative estimate of drug-likeness (QED) is 0.620. The first-order chi connectivity index (χ1) is 13.3. The van der Waals surface area contributed by atoms with Gasteiger partial charge < -0.3 is 15.2 Å². The Balaban J connectivity index is 1.46. The lowest BCUT2D eigenvalue weighted by molar-refractivity contribution is 0.0953.